The molecule has 0 atom stereocenters. The van der Waals surface area contributed by atoms with Crippen molar-refractivity contribution in [3.05, 3.63) is 29.6 Å². The fourth-order valence-electron chi connectivity index (χ4n) is 1.42. The predicted molar refractivity (Wildman–Crippen MR) is 62.8 cm³/mol. The number of nitrogens with zero attached hydrogens (tertiary/aromatic N) is 1. The number of hydrogen-bond donors (Lipinski definition) is 2. The van der Waals surface area contributed by atoms with Crippen LogP contribution < -0.4 is 5.32 Å². The van der Waals surface area contributed by atoms with E-state index in [2.05, 4.69) is 10.3 Å². The highest BCUT2D eigenvalue weighted by Crippen LogP contribution is 2.03. The standard InChI is InChI=1S/C12H16N2O3/c1-9-10(5-4-8-13-9)12(17)14-7-3-2-6-11(15)16/h4-5,8H,2-3,6-7H2,1H3,(H,14,17)(H,15,16). The van der Waals surface area contributed by atoms with Crippen molar-refractivity contribution in [2.24, 2.45) is 0 Å². The Morgan fingerprint density at radius 1 is 1.41 bits per heavy atom. The smallest absolute Gasteiger partial charge is 0.303 e. The van der Waals surface area contributed by atoms with Gasteiger partial charge in [0, 0.05) is 24.9 Å². The zero-order valence-electron chi connectivity index (χ0n) is 9.77. The Hall–Kier alpha value is -1.91. The van der Waals surface area contributed by atoms with Crippen molar-refractivity contribution in [2.45, 2.75) is 26.2 Å². The Morgan fingerprint density at radius 3 is 2.82 bits per heavy atom. The van der Waals surface area contributed by atoms with Crippen LogP contribution in [0.1, 0.15) is 35.3 Å². The lowest BCUT2D eigenvalue weighted by molar-refractivity contribution is -0.137. The van der Waals surface area contributed by atoms with E-state index in [0.717, 1.165) is 0 Å². The molecule has 1 amide bonds. The maximum absolute atomic E-state index is 11.7. The summed E-state index contributed by atoms with van der Waals surface area (Å²) in [6.07, 6.45) is 3.01. The number of pyridine rings is 1. The number of hydrogen-bond acceptors (Lipinski definition) is 3. The first-order chi connectivity index (χ1) is 8.11. The topological polar surface area (TPSA) is 79.3 Å². The molecule has 17 heavy (non-hydrogen) atoms. The molecular formula is C12H16N2O3. The third-order valence-electron chi connectivity index (χ3n) is 2.35. The van der Waals surface area contributed by atoms with E-state index in [9.17, 15) is 9.59 Å². The Labute approximate surface area is 99.9 Å². The zero-order valence-corrected chi connectivity index (χ0v) is 9.77. The van der Waals surface area contributed by atoms with Crippen molar-refractivity contribution in [2.75, 3.05) is 6.54 Å². The average Bonchev–Trinajstić information content (AvgIpc) is 2.28. The van der Waals surface area contributed by atoms with E-state index in [1.54, 1.807) is 25.3 Å². The van der Waals surface area contributed by atoms with E-state index in [1.165, 1.54) is 0 Å². The number of aryl methyl sites for hydroxylation is 1. The van der Waals surface area contributed by atoms with Crippen molar-refractivity contribution in [3.63, 3.8) is 0 Å². The largest absolute Gasteiger partial charge is 0.481 e. The number of carboxylic acid groups (broad SMARTS) is 1. The second-order valence-electron chi connectivity index (χ2n) is 3.74. The van der Waals surface area contributed by atoms with E-state index in [4.69, 9.17) is 5.11 Å². The zero-order chi connectivity index (χ0) is 12.7. The molecule has 5 nitrogen and oxygen atoms in total. The summed E-state index contributed by atoms with van der Waals surface area (Å²) in [7, 11) is 0. The molecule has 0 aliphatic heterocycles. The van der Waals surface area contributed by atoms with Crippen LogP contribution in [0.3, 0.4) is 0 Å². The molecule has 1 rings (SSSR count). The quantitative estimate of drug-likeness (QED) is 0.731. The van der Waals surface area contributed by atoms with Crippen LogP contribution in [0.4, 0.5) is 0 Å². The maximum atomic E-state index is 11.7. The summed E-state index contributed by atoms with van der Waals surface area (Å²) >= 11 is 0. The number of aliphatic carboxylic acids is 1. The minimum Gasteiger partial charge on any atom is -0.481 e. The highest BCUT2D eigenvalue weighted by molar-refractivity contribution is 5.95. The molecule has 1 aromatic rings. The highest BCUT2D eigenvalue weighted by atomic mass is 16.4. The fourth-order valence-corrected chi connectivity index (χ4v) is 1.42. The lowest BCUT2D eigenvalue weighted by atomic mass is 10.2. The van der Waals surface area contributed by atoms with Gasteiger partial charge in [-0.05, 0) is 31.9 Å². The summed E-state index contributed by atoms with van der Waals surface area (Å²) in [5.74, 6) is -0.967. The van der Waals surface area contributed by atoms with Crippen LogP contribution in [-0.2, 0) is 4.79 Å². The first-order valence-corrected chi connectivity index (χ1v) is 5.53. The summed E-state index contributed by atoms with van der Waals surface area (Å²) in [5, 5.41) is 11.2. The van der Waals surface area contributed by atoms with Gasteiger partial charge in [-0.3, -0.25) is 14.6 Å². The van der Waals surface area contributed by atoms with Crippen LogP contribution in [0, 0.1) is 6.92 Å². The van der Waals surface area contributed by atoms with Gasteiger partial charge in [0.15, 0.2) is 0 Å². The molecule has 0 saturated heterocycles. The highest BCUT2D eigenvalue weighted by Gasteiger charge is 2.07. The minimum atomic E-state index is -0.806. The number of carboxylic acids is 1. The van der Waals surface area contributed by atoms with Crippen molar-refractivity contribution >= 4 is 11.9 Å². The van der Waals surface area contributed by atoms with E-state index < -0.39 is 5.97 Å². The summed E-state index contributed by atoms with van der Waals surface area (Å²) < 4.78 is 0. The van der Waals surface area contributed by atoms with Crippen molar-refractivity contribution < 1.29 is 14.7 Å². The van der Waals surface area contributed by atoms with E-state index in [-0.39, 0.29) is 12.3 Å². The van der Waals surface area contributed by atoms with Gasteiger partial charge in [-0.1, -0.05) is 0 Å². The maximum Gasteiger partial charge on any atom is 0.303 e. The Bertz CT molecular complexity index is 404. The summed E-state index contributed by atoms with van der Waals surface area (Å²) in [6.45, 7) is 2.26. The number of unbranched alkanes of at least 4 members (excludes halogenated alkanes) is 1. The van der Waals surface area contributed by atoms with Crippen LogP contribution in [0.15, 0.2) is 18.3 Å². The number of carbonyl (C=O) groups is 2. The van der Waals surface area contributed by atoms with E-state index in [1.807, 2.05) is 0 Å². The lowest BCUT2D eigenvalue weighted by Gasteiger charge is -2.06. The monoisotopic (exact) mass is 236 g/mol. The number of nitrogens with one attached hydrogen (secondary N) is 1. The molecular weight excluding hydrogens is 220 g/mol. The molecule has 0 aliphatic carbocycles. The molecule has 1 heterocycles. The van der Waals surface area contributed by atoms with Gasteiger partial charge in [0.25, 0.3) is 5.91 Å². The van der Waals surface area contributed by atoms with Gasteiger partial charge in [-0.25, -0.2) is 0 Å². The van der Waals surface area contributed by atoms with Crippen molar-refractivity contribution in [1.82, 2.24) is 10.3 Å². The molecule has 1 aromatic heterocycles. The van der Waals surface area contributed by atoms with Gasteiger partial charge in [-0.2, -0.15) is 0 Å². The fraction of sp³-hybridized carbons (Fsp3) is 0.417. The normalized spacial score (nSPS) is 9.94. The average molecular weight is 236 g/mol. The van der Waals surface area contributed by atoms with E-state index in [0.29, 0.717) is 30.6 Å². The summed E-state index contributed by atoms with van der Waals surface area (Å²) in [6, 6.07) is 3.43. The predicted octanol–water partition coefficient (Wildman–Crippen LogP) is 1.37. The molecule has 0 radical (unpaired) electrons. The minimum absolute atomic E-state index is 0.141. The van der Waals surface area contributed by atoms with Crippen LogP contribution >= 0.6 is 0 Å². The van der Waals surface area contributed by atoms with Crippen LogP contribution in [-0.4, -0.2) is 28.5 Å². The first kappa shape index (κ1) is 13.2. The Balaban J connectivity index is 2.31. The van der Waals surface area contributed by atoms with Gasteiger partial charge in [0.2, 0.25) is 0 Å². The summed E-state index contributed by atoms with van der Waals surface area (Å²) in [4.78, 5) is 26.0. The molecule has 5 heteroatoms. The molecule has 0 aromatic carbocycles. The molecule has 2 N–H and O–H groups in total. The van der Waals surface area contributed by atoms with Gasteiger partial charge >= 0.3 is 5.97 Å². The van der Waals surface area contributed by atoms with Crippen molar-refractivity contribution in [1.29, 1.82) is 0 Å². The third kappa shape index (κ3) is 4.63. The molecule has 0 saturated carbocycles. The number of amides is 1. The second-order valence-corrected chi connectivity index (χ2v) is 3.74. The molecule has 0 bridgehead atoms. The number of carbonyl (C=O) groups excluding carboxylic acids is 1. The lowest BCUT2D eigenvalue weighted by Crippen LogP contribution is -2.25. The van der Waals surface area contributed by atoms with Crippen LogP contribution in [0.25, 0.3) is 0 Å². The molecule has 92 valence electrons. The summed E-state index contributed by atoms with van der Waals surface area (Å²) in [5.41, 5.74) is 1.25. The van der Waals surface area contributed by atoms with Crippen molar-refractivity contribution in [3.8, 4) is 0 Å². The third-order valence-corrected chi connectivity index (χ3v) is 2.35. The molecule has 0 unspecified atom stereocenters. The van der Waals surface area contributed by atoms with Gasteiger partial charge in [0.05, 0.1) is 5.56 Å². The first-order valence-electron chi connectivity index (χ1n) is 5.53. The van der Waals surface area contributed by atoms with Crippen LogP contribution in [0.2, 0.25) is 0 Å². The van der Waals surface area contributed by atoms with Gasteiger partial charge < -0.3 is 10.4 Å². The van der Waals surface area contributed by atoms with Crippen LogP contribution in [0.5, 0.6) is 0 Å². The second kappa shape index (κ2) is 6.62. The number of rotatable bonds is 6. The molecule has 0 aliphatic rings. The number of aromatic nitrogens is 1. The SMILES string of the molecule is Cc1ncccc1C(=O)NCCCCC(=O)O. The Kier molecular flexibility index (Phi) is 5.13. The van der Waals surface area contributed by atoms with Gasteiger partial charge in [0.1, 0.15) is 0 Å². The van der Waals surface area contributed by atoms with E-state index >= 15 is 0 Å². The Morgan fingerprint density at radius 2 is 2.18 bits per heavy atom. The molecule has 0 spiro atoms. The molecule has 0 fully saturated rings. The van der Waals surface area contributed by atoms with Gasteiger partial charge in [-0.15, -0.1) is 0 Å².